The first-order valence-corrected chi connectivity index (χ1v) is 6.82. The first-order chi connectivity index (χ1) is 7.77. The largest absolute Gasteiger partial charge is 0.359 e. The van der Waals surface area contributed by atoms with Crippen molar-refractivity contribution in [3.8, 4) is 0 Å². The van der Waals surface area contributed by atoms with Gasteiger partial charge in [-0.15, -0.1) is 0 Å². The second-order valence-corrected chi connectivity index (χ2v) is 6.37. The molecule has 1 saturated heterocycles. The van der Waals surface area contributed by atoms with Crippen LogP contribution in [0.3, 0.4) is 0 Å². The number of likely N-dealkylation sites (N-methyl/N-ethyl adjacent to an activating group) is 1. The summed E-state index contributed by atoms with van der Waals surface area (Å²) < 4.78 is 27.1. The topological polar surface area (TPSA) is 81.8 Å². The molecule has 1 aliphatic rings. The molecule has 0 radical (unpaired) electrons. The highest BCUT2D eigenvalue weighted by Gasteiger charge is 2.38. The van der Waals surface area contributed by atoms with Crippen LogP contribution in [-0.2, 0) is 15.0 Å². The first-order valence-electron chi connectivity index (χ1n) is 5.38. The average Bonchev–Trinajstić information content (AvgIpc) is 2.57. The Hall–Kier alpha value is -0.700. The molecule has 0 spiro atoms. The SMILES string of the molecule is CNC(=O)[C@@H]1CN(C)C[C@@H]1NS(=O)(=O)N(C)C. The number of carbonyl (C=O) groups excluding carboxylic acids is 1. The van der Waals surface area contributed by atoms with Crippen LogP contribution in [0.1, 0.15) is 0 Å². The molecule has 1 rings (SSSR count). The molecule has 8 heteroatoms. The van der Waals surface area contributed by atoms with E-state index in [-0.39, 0.29) is 17.9 Å². The van der Waals surface area contributed by atoms with Gasteiger partial charge in [-0.05, 0) is 7.05 Å². The summed E-state index contributed by atoms with van der Waals surface area (Å²) in [5.41, 5.74) is 0. The molecule has 0 aromatic carbocycles. The van der Waals surface area contributed by atoms with Gasteiger partial charge in [-0.3, -0.25) is 4.79 Å². The molecule has 0 bridgehead atoms. The summed E-state index contributed by atoms with van der Waals surface area (Å²) in [6.45, 7) is 1.09. The molecule has 1 fully saturated rings. The van der Waals surface area contributed by atoms with E-state index in [0.29, 0.717) is 13.1 Å². The first kappa shape index (κ1) is 14.4. The Kier molecular flexibility index (Phi) is 4.48. The Morgan fingerprint density at radius 2 is 1.94 bits per heavy atom. The number of hydrogen-bond donors (Lipinski definition) is 2. The molecule has 0 aliphatic carbocycles. The van der Waals surface area contributed by atoms with Gasteiger partial charge in [-0.25, -0.2) is 0 Å². The van der Waals surface area contributed by atoms with Crippen molar-refractivity contribution >= 4 is 16.1 Å². The van der Waals surface area contributed by atoms with Gasteiger partial charge in [-0.2, -0.15) is 17.4 Å². The summed E-state index contributed by atoms with van der Waals surface area (Å²) in [6.07, 6.45) is 0. The van der Waals surface area contributed by atoms with Crippen LogP contribution in [0, 0.1) is 5.92 Å². The standard InChI is InChI=1S/C9H20N4O3S/c1-10-9(14)7-5-13(4)6-8(7)11-17(15,16)12(2)3/h7-8,11H,5-6H2,1-4H3,(H,10,14)/t7-,8+/m1/s1. The van der Waals surface area contributed by atoms with Crippen molar-refractivity contribution < 1.29 is 13.2 Å². The van der Waals surface area contributed by atoms with Gasteiger partial charge in [0.25, 0.3) is 10.2 Å². The third-order valence-corrected chi connectivity index (χ3v) is 4.43. The van der Waals surface area contributed by atoms with Gasteiger partial charge in [0, 0.05) is 40.3 Å². The fraction of sp³-hybridized carbons (Fsp3) is 0.889. The molecular weight excluding hydrogens is 244 g/mol. The molecule has 17 heavy (non-hydrogen) atoms. The highest BCUT2D eigenvalue weighted by molar-refractivity contribution is 7.87. The maximum atomic E-state index is 11.7. The molecule has 1 heterocycles. The highest BCUT2D eigenvalue weighted by atomic mass is 32.2. The third kappa shape index (κ3) is 3.38. The minimum atomic E-state index is -3.50. The van der Waals surface area contributed by atoms with Crippen LogP contribution < -0.4 is 10.0 Å². The number of carbonyl (C=O) groups is 1. The Bertz CT molecular complexity index is 382. The van der Waals surface area contributed by atoms with E-state index < -0.39 is 10.2 Å². The second-order valence-electron chi connectivity index (χ2n) is 4.45. The van der Waals surface area contributed by atoms with E-state index in [0.717, 1.165) is 4.31 Å². The molecule has 0 aromatic heterocycles. The predicted octanol–water partition coefficient (Wildman–Crippen LogP) is -1.94. The quantitative estimate of drug-likeness (QED) is 0.619. The maximum absolute atomic E-state index is 11.7. The zero-order valence-electron chi connectivity index (χ0n) is 10.6. The van der Waals surface area contributed by atoms with E-state index in [9.17, 15) is 13.2 Å². The van der Waals surface area contributed by atoms with E-state index in [1.165, 1.54) is 14.1 Å². The van der Waals surface area contributed by atoms with Crippen molar-refractivity contribution in [1.82, 2.24) is 19.2 Å². The average molecular weight is 264 g/mol. The smallest absolute Gasteiger partial charge is 0.279 e. The van der Waals surface area contributed by atoms with Crippen molar-refractivity contribution in [2.45, 2.75) is 6.04 Å². The van der Waals surface area contributed by atoms with Gasteiger partial charge in [0.1, 0.15) is 0 Å². The van der Waals surface area contributed by atoms with Crippen LogP contribution in [-0.4, -0.2) is 70.9 Å². The lowest BCUT2D eigenvalue weighted by atomic mass is 10.0. The minimum Gasteiger partial charge on any atom is -0.359 e. The van der Waals surface area contributed by atoms with Crippen LogP contribution in [0.25, 0.3) is 0 Å². The number of rotatable bonds is 4. The molecular formula is C9H20N4O3S. The molecule has 0 unspecified atom stereocenters. The van der Waals surface area contributed by atoms with Crippen LogP contribution in [0.15, 0.2) is 0 Å². The highest BCUT2D eigenvalue weighted by Crippen LogP contribution is 2.16. The Morgan fingerprint density at radius 1 is 1.35 bits per heavy atom. The van der Waals surface area contributed by atoms with Gasteiger partial charge in [0.2, 0.25) is 5.91 Å². The van der Waals surface area contributed by atoms with Gasteiger partial charge in [0.05, 0.1) is 5.92 Å². The number of amides is 1. The lowest BCUT2D eigenvalue weighted by Gasteiger charge is -2.21. The van der Waals surface area contributed by atoms with Gasteiger partial charge in [-0.1, -0.05) is 0 Å². The zero-order chi connectivity index (χ0) is 13.2. The molecule has 1 aliphatic heterocycles. The lowest BCUT2D eigenvalue weighted by molar-refractivity contribution is -0.124. The molecule has 2 atom stereocenters. The van der Waals surface area contributed by atoms with Gasteiger partial charge < -0.3 is 10.2 Å². The van der Waals surface area contributed by atoms with Crippen LogP contribution >= 0.6 is 0 Å². The minimum absolute atomic E-state index is 0.138. The third-order valence-electron chi connectivity index (χ3n) is 2.87. The number of nitrogens with zero attached hydrogens (tertiary/aromatic N) is 2. The molecule has 100 valence electrons. The Balaban J connectivity index is 2.79. The number of likely N-dealkylation sites (tertiary alicyclic amines) is 1. The summed E-state index contributed by atoms with van der Waals surface area (Å²) >= 11 is 0. The van der Waals surface area contributed by atoms with E-state index in [1.807, 2.05) is 11.9 Å². The van der Waals surface area contributed by atoms with Crippen molar-refractivity contribution in [3.05, 3.63) is 0 Å². The van der Waals surface area contributed by atoms with Crippen molar-refractivity contribution in [2.24, 2.45) is 5.92 Å². The van der Waals surface area contributed by atoms with Gasteiger partial charge >= 0.3 is 0 Å². The summed E-state index contributed by atoms with van der Waals surface area (Å²) in [5.74, 6) is -0.486. The summed E-state index contributed by atoms with van der Waals surface area (Å²) in [6, 6.07) is -0.382. The molecule has 0 saturated carbocycles. The number of hydrogen-bond acceptors (Lipinski definition) is 4. The van der Waals surface area contributed by atoms with E-state index >= 15 is 0 Å². The van der Waals surface area contributed by atoms with Gasteiger partial charge in [0.15, 0.2) is 0 Å². The monoisotopic (exact) mass is 264 g/mol. The molecule has 0 aromatic rings. The van der Waals surface area contributed by atoms with E-state index in [4.69, 9.17) is 0 Å². The van der Waals surface area contributed by atoms with Crippen LogP contribution in [0.2, 0.25) is 0 Å². The van der Waals surface area contributed by atoms with Crippen LogP contribution in [0.5, 0.6) is 0 Å². The predicted molar refractivity (Wildman–Crippen MR) is 64.6 cm³/mol. The maximum Gasteiger partial charge on any atom is 0.279 e. The Labute approximate surface area is 102 Å². The number of nitrogens with one attached hydrogen (secondary N) is 2. The lowest BCUT2D eigenvalue weighted by Crippen LogP contribution is -2.48. The molecule has 7 nitrogen and oxygen atoms in total. The van der Waals surface area contributed by atoms with Crippen LogP contribution in [0.4, 0.5) is 0 Å². The fourth-order valence-corrected chi connectivity index (χ4v) is 2.70. The van der Waals surface area contributed by atoms with Crippen molar-refractivity contribution in [2.75, 3.05) is 41.3 Å². The summed E-state index contributed by atoms with van der Waals surface area (Å²) in [5, 5.41) is 2.56. The normalized spacial score (nSPS) is 26.4. The van der Waals surface area contributed by atoms with Crippen molar-refractivity contribution in [3.63, 3.8) is 0 Å². The summed E-state index contributed by atoms with van der Waals surface area (Å²) in [4.78, 5) is 13.6. The van der Waals surface area contributed by atoms with Crippen molar-refractivity contribution in [1.29, 1.82) is 0 Å². The van der Waals surface area contributed by atoms with E-state index in [1.54, 1.807) is 7.05 Å². The summed E-state index contributed by atoms with van der Waals surface area (Å²) in [7, 11) is 2.82. The molecule has 2 N–H and O–H groups in total. The second kappa shape index (κ2) is 5.30. The zero-order valence-corrected chi connectivity index (χ0v) is 11.4. The van der Waals surface area contributed by atoms with E-state index in [2.05, 4.69) is 10.0 Å². The Morgan fingerprint density at radius 3 is 2.41 bits per heavy atom. The molecule has 1 amide bonds. The fourth-order valence-electron chi connectivity index (χ4n) is 1.87.